The summed E-state index contributed by atoms with van der Waals surface area (Å²) >= 11 is 0. The van der Waals surface area contributed by atoms with Gasteiger partial charge < -0.3 is 30.5 Å². The van der Waals surface area contributed by atoms with E-state index in [0.29, 0.717) is 30.7 Å². The number of ether oxygens (including phenoxy) is 2. The van der Waals surface area contributed by atoms with Gasteiger partial charge in [0, 0.05) is 43.0 Å². The highest BCUT2D eigenvalue weighted by Gasteiger charge is 2.40. The molecule has 0 saturated carbocycles. The number of nitrogens with one attached hydrogen (secondary N) is 3. The molecular weight excluding hydrogens is 544 g/mol. The molecular formula is C29H34F4N4O4. The van der Waals surface area contributed by atoms with E-state index in [4.69, 9.17) is 9.47 Å². The van der Waals surface area contributed by atoms with Crippen LogP contribution in [0.25, 0.3) is 5.57 Å². The van der Waals surface area contributed by atoms with E-state index in [1.807, 2.05) is 13.8 Å². The number of likely N-dealkylation sites (tertiary alicyclic amines) is 1. The summed E-state index contributed by atoms with van der Waals surface area (Å²) in [5.41, 5.74) is -1.13. The lowest BCUT2D eigenvalue weighted by Gasteiger charge is -2.29. The van der Waals surface area contributed by atoms with E-state index in [-0.39, 0.29) is 28.9 Å². The lowest BCUT2D eigenvalue weighted by atomic mass is 10.0. The summed E-state index contributed by atoms with van der Waals surface area (Å²) < 4.78 is 67.9. The highest BCUT2D eigenvalue weighted by atomic mass is 19.4. The minimum atomic E-state index is -4.73. The smallest absolute Gasteiger partial charge is 0.420 e. The van der Waals surface area contributed by atoms with Crippen molar-refractivity contribution in [3.8, 4) is 5.75 Å². The van der Waals surface area contributed by atoms with Gasteiger partial charge in [-0.2, -0.15) is 13.2 Å². The van der Waals surface area contributed by atoms with Crippen molar-refractivity contribution in [3.05, 3.63) is 71.4 Å². The van der Waals surface area contributed by atoms with Crippen LogP contribution in [0.1, 0.15) is 45.2 Å². The highest BCUT2D eigenvalue weighted by Crippen LogP contribution is 2.40. The van der Waals surface area contributed by atoms with Crippen molar-refractivity contribution >= 4 is 23.0 Å². The van der Waals surface area contributed by atoms with Crippen molar-refractivity contribution in [1.82, 2.24) is 10.2 Å². The Labute approximate surface area is 236 Å². The zero-order chi connectivity index (χ0) is 29.9. The first-order chi connectivity index (χ1) is 19.3. The second-order valence-corrected chi connectivity index (χ2v) is 10.5. The van der Waals surface area contributed by atoms with E-state index in [2.05, 4.69) is 20.9 Å². The molecule has 2 aromatic carbocycles. The van der Waals surface area contributed by atoms with E-state index in [1.165, 1.54) is 30.5 Å². The molecule has 12 heteroatoms. The number of alkyl halides is 3. The van der Waals surface area contributed by atoms with E-state index in [9.17, 15) is 27.5 Å². The van der Waals surface area contributed by atoms with Crippen LogP contribution in [0.2, 0.25) is 0 Å². The summed E-state index contributed by atoms with van der Waals surface area (Å²) in [4.78, 5) is 14.7. The second kappa shape index (κ2) is 12.0. The first kappa shape index (κ1) is 30.2. The molecule has 2 aliphatic rings. The van der Waals surface area contributed by atoms with Crippen molar-refractivity contribution in [1.29, 1.82) is 0 Å². The van der Waals surface area contributed by atoms with Crippen molar-refractivity contribution in [2.24, 2.45) is 0 Å². The molecule has 1 saturated heterocycles. The Balaban J connectivity index is 1.45. The molecule has 2 aromatic rings. The quantitative estimate of drug-likeness (QED) is 0.291. The van der Waals surface area contributed by atoms with E-state index < -0.39 is 35.4 Å². The third kappa shape index (κ3) is 7.31. The van der Waals surface area contributed by atoms with Gasteiger partial charge >= 0.3 is 12.2 Å². The molecule has 0 bridgehead atoms. The zero-order valence-corrected chi connectivity index (χ0v) is 23.2. The molecule has 2 amide bonds. The number of allylic oxidation sites excluding steroid dienone is 2. The van der Waals surface area contributed by atoms with Crippen LogP contribution in [0, 0.1) is 5.82 Å². The number of anilines is 2. The van der Waals surface area contributed by atoms with Crippen molar-refractivity contribution in [2.45, 2.75) is 58.2 Å². The van der Waals surface area contributed by atoms with Gasteiger partial charge in [0.15, 0.2) is 6.23 Å². The van der Waals surface area contributed by atoms with Crippen LogP contribution in [0.3, 0.4) is 0 Å². The molecule has 0 radical (unpaired) electrons. The number of urea groups is 1. The van der Waals surface area contributed by atoms with Gasteiger partial charge in [0.1, 0.15) is 22.9 Å². The molecule has 2 aliphatic heterocycles. The average Bonchev–Trinajstić information content (AvgIpc) is 3.29. The number of hydrogen-bond acceptors (Lipinski definition) is 6. The highest BCUT2D eigenvalue weighted by molar-refractivity contribution is 6.00. The van der Waals surface area contributed by atoms with Crippen LogP contribution in [0.15, 0.2) is 54.4 Å². The van der Waals surface area contributed by atoms with Gasteiger partial charge in [-0.15, -0.1) is 0 Å². The maximum absolute atomic E-state index is 14.8. The number of nitrogens with zero attached hydrogens (tertiary/aromatic N) is 1. The van der Waals surface area contributed by atoms with Crippen LogP contribution in [-0.4, -0.2) is 53.6 Å². The fraction of sp³-hybridized carbons (Fsp3) is 0.414. The fourth-order valence-electron chi connectivity index (χ4n) is 4.73. The fourth-order valence-corrected chi connectivity index (χ4v) is 4.73. The maximum Gasteiger partial charge on any atom is 0.420 e. The minimum Gasteiger partial charge on any atom is -0.493 e. The number of halogens is 4. The number of carbonyl (C=O) groups is 1. The summed E-state index contributed by atoms with van der Waals surface area (Å²) in [5.74, 6) is -0.814. The Bertz CT molecular complexity index is 1340. The summed E-state index contributed by atoms with van der Waals surface area (Å²) in [5, 5.41) is 17.3. The molecule has 4 rings (SSSR count). The molecule has 4 N–H and O–H groups in total. The summed E-state index contributed by atoms with van der Waals surface area (Å²) in [7, 11) is 0. The predicted molar refractivity (Wildman–Crippen MR) is 148 cm³/mol. The van der Waals surface area contributed by atoms with Crippen LogP contribution < -0.4 is 20.7 Å². The van der Waals surface area contributed by atoms with Crippen molar-refractivity contribution in [2.75, 3.05) is 30.3 Å². The number of rotatable bonds is 8. The number of amides is 2. The topological polar surface area (TPSA) is 95.1 Å². The largest absolute Gasteiger partial charge is 0.493 e. The van der Waals surface area contributed by atoms with Crippen molar-refractivity contribution < 1.29 is 36.9 Å². The number of dihydropyridines is 1. The van der Waals surface area contributed by atoms with Gasteiger partial charge in [0.05, 0.1) is 17.9 Å². The van der Waals surface area contributed by atoms with Crippen LogP contribution in [0.4, 0.5) is 33.7 Å². The molecule has 0 spiro atoms. The number of hydrogen-bond donors (Lipinski definition) is 4. The minimum absolute atomic E-state index is 0.134. The Morgan fingerprint density at radius 3 is 2.61 bits per heavy atom. The lowest BCUT2D eigenvalue weighted by molar-refractivity contribution is -0.139. The van der Waals surface area contributed by atoms with Crippen LogP contribution in [0.5, 0.6) is 5.75 Å². The Morgan fingerprint density at radius 1 is 1.22 bits per heavy atom. The molecule has 2 unspecified atom stereocenters. The molecule has 1 fully saturated rings. The molecule has 2 atom stereocenters. The van der Waals surface area contributed by atoms with Gasteiger partial charge in [-0.25, -0.2) is 9.18 Å². The number of carbonyl (C=O) groups excluding carboxylic acids is 1. The average molecular weight is 579 g/mol. The number of aliphatic hydroxyl groups excluding tert-OH is 1. The van der Waals surface area contributed by atoms with E-state index >= 15 is 0 Å². The second-order valence-electron chi connectivity index (χ2n) is 10.5. The third-order valence-electron chi connectivity index (χ3n) is 6.92. The molecule has 8 nitrogen and oxygen atoms in total. The van der Waals surface area contributed by atoms with Gasteiger partial charge in [-0.1, -0.05) is 6.07 Å². The van der Waals surface area contributed by atoms with Gasteiger partial charge in [0.2, 0.25) is 0 Å². The third-order valence-corrected chi connectivity index (χ3v) is 6.92. The number of benzene rings is 2. The first-order valence-electron chi connectivity index (χ1n) is 13.3. The van der Waals surface area contributed by atoms with Gasteiger partial charge in [-0.05, 0) is 69.7 Å². The number of aliphatic hydroxyl groups is 1. The Kier molecular flexibility index (Phi) is 8.83. The van der Waals surface area contributed by atoms with E-state index in [0.717, 1.165) is 12.6 Å². The first-order valence-corrected chi connectivity index (χ1v) is 13.3. The lowest BCUT2D eigenvalue weighted by Crippen LogP contribution is -2.38. The van der Waals surface area contributed by atoms with Crippen LogP contribution >= 0.6 is 0 Å². The SMILES string of the molecule is CCOC1=CC(c2ccc(NC(=O)Nc3ccc(OC4(C)CCN(C(C)C)C4)c(C(F)(F)F)c3)c(F)c2)=CNC1O. The summed E-state index contributed by atoms with van der Waals surface area (Å²) in [6.07, 6.45) is -2.10. The van der Waals surface area contributed by atoms with E-state index in [1.54, 1.807) is 26.0 Å². The summed E-state index contributed by atoms with van der Waals surface area (Å²) in [6.45, 7) is 9.14. The molecule has 0 aliphatic carbocycles. The zero-order valence-electron chi connectivity index (χ0n) is 23.2. The molecule has 222 valence electrons. The predicted octanol–water partition coefficient (Wildman–Crippen LogP) is 5.92. The Morgan fingerprint density at radius 2 is 1.98 bits per heavy atom. The summed E-state index contributed by atoms with van der Waals surface area (Å²) in [6, 6.07) is 6.66. The van der Waals surface area contributed by atoms with Crippen molar-refractivity contribution in [3.63, 3.8) is 0 Å². The Hall–Kier alpha value is -3.77. The standard InChI is InChI=1S/C29H34F4N4O4/c1-5-40-25-13-19(15-34-26(25)38)18-6-8-23(22(30)12-18)36-27(39)35-20-7-9-24(21(14-20)29(31,32)33)41-28(4)10-11-37(16-28)17(2)3/h6-9,12-15,17,26,34,38H,5,10-11,16H2,1-4H3,(H2,35,36,39). The molecule has 41 heavy (non-hydrogen) atoms. The molecule has 2 heterocycles. The van der Waals surface area contributed by atoms with Gasteiger partial charge in [0.25, 0.3) is 0 Å². The maximum atomic E-state index is 14.8. The molecule has 0 aromatic heterocycles. The normalized spacial score (nSPS) is 21.2. The van der Waals surface area contributed by atoms with Gasteiger partial charge in [-0.3, -0.25) is 4.90 Å². The monoisotopic (exact) mass is 578 g/mol. The van der Waals surface area contributed by atoms with Crippen LogP contribution in [-0.2, 0) is 10.9 Å².